The number of benzene rings is 4. The molecular weight excluding hydrogens is 489 g/mol. The fraction of sp³-hybridized carbons (Fsp3) is 0.312. The van der Waals surface area contributed by atoms with Crippen LogP contribution in [0.3, 0.4) is 0 Å². The summed E-state index contributed by atoms with van der Waals surface area (Å²) in [4.78, 5) is 0.159. The molecule has 0 bridgehead atoms. The fourth-order valence-corrected chi connectivity index (χ4v) is 7.35. The molecule has 0 aromatic heterocycles. The van der Waals surface area contributed by atoms with Crippen LogP contribution in [0.1, 0.15) is 62.5 Å². The third-order valence-corrected chi connectivity index (χ3v) is 9.00. The van der Waals surface area contributed by atoms with Gasteiger partial charge in [0.2, 0.25) is 0 Å². The maximum Gasteiger partial charge on any atom is 0.446 e. The van der Waals surface area contributed by atoms with Crippen LogP contribution in [0.15, 0.2) is 77.7 Å². The Morgan fingerprint density at radius 3 is 2.03 bits per heavy atom. The second kappa shape index (κ2) is 9.43. The number of aromatic hydroxyl groups is 1. The summed E-state index contributed by atoms with van der Waals surface area (Å²) in [5.74, 6) is 0.140. The summed E-state index contributed by atoms with van der Waals surface area (Å²) in [5, 5.41) is 12.7. The number of fused-ring (bicyclic) bond motifs is 7. The summed E-state index contributed by atoms with van der Waals surface area (Å²) in [6.07, 6.45) is 9.06. The topological polar surface area (TPSA) is 20.2 Å². The molecule has 190 valence electrons. The second-order valence-corrected chi connectivity index (χ2v) is 11.5. The van der Waals surface area contributed by atoms with Crippen LogP contribution in [0.2, 0.25) is 0 Å². The van der Waals surface area contributed by atoms with Gasteiger partial charge in [0.05, 0.1) is 0 Å². The van der Waals surface area contributed by atoms with E-state index in [0.29, 0.717) is 21.9 Å². The van der Waals surface area contributed by atoms with Gasteiger partial charge in [0.25, 0.3) is 0 Å². The highest BCUT2D eigenvalue weighted by Crippen LogP contribution is 2.58. The normalized spacial score (nSPS) is 17.2. The molecule has 0 heterocycles. The molecule has 6 rings (SSSR count). The van der Waals surface area contributed by atoms with Crippen molar-refractivity contribution in [1.82, 2.24) is 0 Å². The van der Waals surface area contributed by atoms with Crippen LogP contribution < -0.4 is 0 Å². The third kappa shape index (κ3) is 4.31. The summed E-state index contributed by atoms with van der Waals surface area (Å²) in [6, 6.07) is 22.8. The minimum atomic E-state index is -4.42. The molecule has 1 saturated carbocycles. The van der Waals surface area contributed by atoms with E-state index in [1.54, 1.807) is 12.1 Å². The van der Waals surface area contributed by atoms with Crippen molar-refractivity contribution < 1.29 is 18.3 Å². The van der Waals surface area contributed by atoms with E-state index in [2.05, 4.69) is 18.2 Å². The van der Waals surface area contributed by atoms with E-state index >= 15 is 0 Å². The zero-order valence-corrected chi connectivity index (χ0v) is 21.4. The molecular formula is C32H29F3OS. The highest BCUT2D eigenvalue weighted by molar-refractivity contribution is 8.00. The van der Waals surface area contributed by atoms with Crippen LogP contribution in [-0.4, -0.2) is 10.6 Å². The highest BCUT2D eigenvalue weighted by atomic mass is 32.2. The molecule has 5 heteroatoms. The van der Waals surface area contributed by atoms with Gasteiger partial charge in [-0.25, -0.2) is 0 Å². The van der Waals surface area contributed by atoms with Crippen molar-refractivity contribution in [2.75, 3.05) is 0 Å². The molecule has 2 aliphatic rings. The maximum absolute atomic E-state index is 13.8. The van der Waals surface area contributed by atoms with E-state index in [-0.39, 0.29) is 27.8 Å². The molecule has 1 N–H and O–H groups in total. The van der Waals surface area contributed by atoms with E-state index in [1.807, 2.05) is 42.5 Å². The Bertz CT molecular complexity index is 1450. The quantitative estimate of drug-likeness (QED) is 0.266. The van der Waals surface area contributed by atoms with E-state index in [4.69, 9.17) is 0 Å². The molecule has 2 aliphatic carbocycles. The molecule has 4 aromatic rings. The first-order valence-electron chi connectivity index (χ1n) is 13.1. The molecule has 0 saturated heterocycles. The van der Waals surface area contributed by atoms with Crippen molar-refractivity contribution in [3.8, 4) is 28.0 Å². The minimum Gasteiger partial charge on any atom is -0.507 e. The number of thioether (sulfide) groups is 1. The Morgan fingerprint density at radius 2 is 1.32 bits per heavy atom. The van der Waals surface area contributed by atoms with Crippen molar-refractivity contribution >= 4 is 22.5 Å². The number of phenolic OH excluding ortho intramolecular Hbond substituents is 1. The molecule has 0 unspecified atom stereocenters. The van der Waals surface area contributed by atoms with Gasteiger partial charge in [0, 0.05) is 15.7 Å². The van der Waals surface area contributed by atoms with Gasteiger partial charge < -0.3 is 5.11 Å². The molecule has 0 aliphatic heterocycles. The van der Waals surface area contributed by atoms with Crippen molar-refractivity contribution in [2.24, 2.45) is 0 Å². The monoisotopic (exact) mass is 518 g/mol. The molecule has 4 aromatic carbocycles. The average molecular weight is 519 g/mol. The maximum atomic E-state index is 13.8. The zero-order valence-electron chi connectivity index (χ0n) is 20.6. The van der Waals surface area contributed by atoms with Gasteiger partial charge in [-0.05, 0) is 81.6 Å². The van der Waals surface area contributed by atoms with Crippen LogP contribution in [0.4, 0.5) is 13.2 Å². The van der Waals surface area contributed by atoms with Crippen LogP contribution in [0.5, 0.6) is 5.75 Å². The number of halogens is 3. The van der Waals surface area contributed by atoms with E-state index in [9.17, 15) is 18.3 Å². The Labute approximate surface area is 219 Å². The Morgan fingerprint density at radius 1 is 0.676 bits per heavy atom. The standard InChI is InChI=1S/C32H29F3OS/c33-32(34,35)37-29-19-25-24(18-23(29)21-12-6-5-7-13-21)28(36)20-27-30(25)22-14-8-9-15-26(22)31(27)16-10-3-1-2-4-11-17-31/h5-9,12-15,18-20,36H,1-4,10-11,16-17H2. The number of rotatable bonds is 2. The second-order valence-electron chi connectivity index (χ2n) is 10.4. The SMILES string of the molecule is Oc1cc2c(c3cc(SC(F)(F)F)c(-c4ccccc4)cc13)-c1ccccc1C21CCCCCCCC1. The van der Waals surface area contributed by atoms with Crippen LogP contribution in [0.25, 0.3) is 33.0 Å². The Balaban J connectivity index is 1.65. The molecule has 37 heavy (non-hydrogen) atoms. The minimum absolute atomic E-state index is 0.0761. The lowest BCUT2D eigenvalue weighted by molar-refractivity contribution is -0.0327. The van der Waals surface area contributed by atoms with Crippen molar-refractivity contribution in [1.29, 1.82) is 0 Å². The summed E-state index contributed by atoms with van der Waals surface area (Å²) < 4.78 is 41.3. The van der Waals surface area contributed by atoms with Gasteiger partial charge in [-0.1, -0.05) is 93.1 Å². The predicted octanol–water partition coefficient (Wildman–Crippen LogP) is 10.2. The summed E-state index contributed by atoms with van der Waals surface area (Å²) in [5.41, 5.74) is 0.972. The number of hydrogen-bond donors (Lipinski definition) is 1. The van der Waals surface area contributed by atoms with Crippen molar-refractivity contribution in [2.45, 2.75) is 67.2 Å². The van der Waals surface area contributed by atoms with E-state index in [0.717, 1.165) is 42.4 Å². The van der Waals surface area contributed by atoms with Gasteiger partial charge in [-0.2, -0.15) is 13.2 Å². The van der Waals surface area contributed by atoms with Gasteiger partial charge in [0.1, 0.15) is 5.75 Å². The summed E-state index contributed by atoms with van der Waals surface area (Å²) in [6.45, 7) is 0. The summed E-state index contributed by atoms with van der Waals surface area (Å²) in [7, 11) is 0. The van der Waals surface area contributed by atoms with Crippen LogP contribution in [-0.2, 0) is 5.41 Å². The van der Waals surface area contributed by atoms with Gasteiger partial charge in [-0.3, -0.25) is 0 Å². The molecule has 1 fully saturated rings. The average Bonchev–Trinajstić information content (AvgIpc) is 3.21. The molecule has 0 atom stereocenters. The largest absolute Gasteiger partial charge is 0.507 e. The van der Waals surface area contributed by atoms with Gasteiger partial charge in [0.15, 0.2) is 0 Å². The summed E-state index contributed by atoms with van der Waals surface area (Å²) >= 11 is -0.0761. The zero-order chi connectivity index (χ0) is 25.6. The van der Waals surface area contributed by atoms with Crippen LogP contribution in [0, 0.1) is 0 Å². The van der Waals surface area contributed by atoms with Crippen molar-refractivity contribution in [3.63, 3.8) is 0 Å². The number of phenols is 1. The van der Waals surface area contributed by atoms with E-state index in [1.165, 1.54) is 31.2 Å². The smallest absolute Gasteiger partial charge is 0.446 e. The predicted molar refractivity (Wildman–Crippen MR) is 146 cm³/mol. The highest BCUT2D eigenvalue weighted by Gasteiger charge is 2.44. The lowest BCUT2D eigenvalue weighted by Gasteiger charge is -2.32. The van der Waals surface area contributed by atoms with Crippen LogP contribution >= 0.6 is 11.8 Å². The molecule has 1 spiro atoms. The fourth-order valence-electron chi connectivity index (χ4n) is 6.64. The third-order valence-electron chi connectivity index (χ3n) is 8.21. The molecule has 1 nitrogen and oxygen atoms in total. The first-order valence-corrected chi connectivity index (χ1v) is 13.9. The van der Waals surface area contributed by atoms with Gasteiger partial charge >= 0.3 is 5.51 Å². The van der Waals surface area contributed by atoms with E-state index < -0.39 is 5.51 Å². The Hall–Kier alpha value is -2.92. The van der Waals surface area contributed by atoms with Crippen molar-refractivity contribution in [3.05, 3.63) is 83.9 Å². The van der Waals surface area contributed by atoms with Gasteiger partial charge in [-0.15, -0.1) is 0 Å². The number of hydrogen-bond acceptors (Lipinski definition) is 2. The Kier molecular flexibility index (Phi) is 6.22. The lowest BCUT2D eigenvalue weighted by Crippen LogP contribution is -2.25. The first-order chi connectivity index (χ1) is 17.9. The lowest BCUT2D eigenvalue weighted by atomic mass is 9.71. The first kappa shape index (κ1) is 24.4. The molecule has 0 amide bonds. The molecule has 0 radical (unpaired) electrons. The number of alkyl halides is 3.